The van der Waals surface area contributed by atoms with E-state index in [1.165, 1.54) is 0 Å². The molecule has 4 aromatic rings. The molecule has 1 aliphatic heterocycles. The fraction of sp³-hybridized carbons (Fsp3) is 0.333. The minimum atomic E-state index is -2.74. The van der Waals surface area contributed by atoms with E-state index in [-0.39, 0.29) is 17.7 Å². The third kappa shape index (κ3) is 12.4. The Morgan fingerprint density at radius 3 is 2.17 bits per heavy atom. The molecule has 1 aliphatic rings. The molecule has 1 fully saturated rings. The van der Waals surface area contributed by atoms with Crippen LogP contribution in [0.4, 0.5) is 0 Å². The van der Waals surface area contributed by atoms with Gasteiger partial charge in [-0.3, -0.25) is 19.2 Å². The third-order valence-electron chi connectivity index (χ3n) is 10.2. The van der Waals surface area contributed by atoms with Gasteiger partial charge in [-0.2, -0.15) is 5.26 Å². The number of carbonyl (C=O) groups is 5. The van der Waals surface area contributed by atoms with E-state index in [0.717, 1.165) is 60.8 Å². The Labute approximate surface area is 353 Å². The zero-order valence-electron chi connectivity index (χ0n) is 32.3. The minimum Gasteiger partial charge on any atom is -0.612 e. The van der Waals surface area contributed by atoms with Crippen LogP contribution in [0.2, 0.25) is 10.0 Å². The summed E-state index contributed by atoms with van der Waals surface area (Å²) in [6.45, 7) is 3.01. The molecule has 2 amide bonds. The van der Waals surface area contributed by atoms with Crippen LogP contribution in [0.25, 0.3) is 10.8 Å². The number of aliphatic hydroxyl groups is 1. The predicted molar refractivity (Wildman–Crippen MR) is 222 cm³/mol. The molecule has 0 aliphatic carbocycles. The number of nitrogens with zero attached hydrogens (tertiary/aromatic N) is 3. The van der Waals surface area contributed by atoms with Crippen molar-refractivity contribution in [2.45, 2.75) is 54.4 Å². The van der Waals surface area contributed by atoms with Gasteiger partial charge in [0, 0.05) is 42.3 Å². The van der Waals surface area contributed by atoms with Crippen LogP contribution in [-0.2, 0) is 25.6 Å². The van der Waals surface area contributed by atoms with Gasteiger partial charge >= 0.3 is 17.9 Å². The zero-order chi connectivity index (χ0) is 43.6. The van der Waals surface area contributed by atoms with Crippen LogP contribution >= 0.6 is 23.2 Å². The average molecular weight is 868 g/mol. The SMILES string of the molecule is CN(C[C@@H](CCN1CCC(c2ccc(C(N)=O)cc2[S@@+](C)[O-])CC1)c1ccc(Cl)c(Cl)c1)C(=O)c1cc(C#N)cc2ccccc12.O=C(O)CC(O)(CC(=O)O)C(=O)O. The second-order valence-electron chi connectivity index (χ2n) is 14.4. The summed E-state index contributed by atoms with van der Waals surface area (Å²) >= 11 is 11.5. The number of aliphatic carboxylic acids is 3. The Bertz CT molecular complexity index is 2240. The van der Waals surface area contributed by atoms with Gasteiger partial charge in [-0.1, -0.05) is 59.6 Å². The minimum absolute atomic E-state index is 0.0117. The van der Waals surface area contributed by atoms with Crippen molar-refractivity contribution in [2.75, 3.05) is 39.5 Å². The van der Waals surface area contributed by atoms with Crippen molar-refractivity contribution in [1.82, 2.24) is 9.80 Å². The van der Waals surface area contributed by atoms with Gasteiger partial charge in [-0.05, 0) is 103 Å². The van der Waals surface area contributed by atoms with Gasteiger partial charge < -0.3 is 40.5 Å². The standard InChI is InChI=1S/C36H36Cl2N4O3S.C6H8O7/c1-41(36(44)31-18-23(21-39)17-26-5-3-4-6-29(26)31)22-28(25-8-10-32(37)33(38)19-25)13-16-42-14-11-24(12-15-42)30-9-7-27(35(40)43)20-34(30)46(2)45;7-3(8)1-6(13,5(11)12)2-4(9)10/h3-10,17-20,24,28H,11-16,22H2,1-2H3,(H2,40,43);13H,1-2H2,(H,7,8)(H,9,10)(H,11,12)/t28-,46-;/m1./s1. The summed E-state index contributed by atoms with van der Waals surface area (Å²) in [7, 11) is 1.80. The van der Waals surface area contributed by atoms with Crippen LogP contribution in [0.1, 0.15) is 81.3 Å². The normalized spacial score (nSPS) is 14.3. The van der Waals surface area contributed by atoms with Crippen molar-refractivity contribution in [2.24, 2.45) is 5.73 Å². The van der Waals surface area contributed by atoms with E-state index in [0.29, 0.717) is 38.2 Å². The lowest BCUT2D eigenvalue weighted by Crippen LogP contribution is -2.42. The van der Waals surface area contributed by atoms with Gasteiger partial charge in [-0.15, -0.1) is 0 Å². The lowest BCUT2D eigenvalue weighted by atomic mass is 9.88. The van der Waals surface area contributed by atoms with Crippen LogP contribution in [0, 0.1) is 11.3 Å². The molecular weight excluding hydrogens is 823 g/mol. The van der Waals surface area contributed by atoms with Gasteiger partial charge in [0.25, 0.3) is 5.91 Å². The topological polar surface area (TPSA) is 246 Å². The summed E-state index contributed by atoms with van der Waals surface area (Å²) in [5, 5.41) is 46.0. The fourth-order valence-corrected chi connectivity index (χ4v) is 8.26. The molecular formula is C42H44Cl2N4O10S. The highest BCUT2D eigenvalue weighted by Crippen LogP contribution is 2.35. The van der Waals surface area contributed by atoms with E-state index in [9.17, 15) is 33.8 Å². The average Bonchev–Trinajstić information content (AvgIpc) is 3.19. The zero-order valence-corrected chi connectivity index (χ0v) is 34.6. The fourth-order valence-electron chi connectivity index (χ4n) is 7.09. The molecule has 1 saturated heterocycles. The first-order chi connectivity index (χ1) is 27.8. The van der Waals surface area contributed by atoms with Crippen LogP contribution in [-0.4, -0.2) is 110 Å². The van der Waals surface area contributed by atoms with Gasteiger partial charge in [0.05, 0.1) is 34.5 Å². The first-order valence-electron chi connectivity index (χ1n) is 18.4. The molecule has 0 radical (unpaired) electrons. The first-order valence-corrected chi connectivity index (χ1v) is 20.7. The predicted octanol–water partition coefficient (Wildman–Crippen LogP) is 5.73. The summed E-state index contributed by atoms with van der Waals surface area (Å²) in [5.74, 6) is -5.46. The maximum Gasteiger partial charge on any atom is 0.336 e. The highest BCUT2D eigenvalue weighted by molar-refractivity contribution is 7.90. The van der Waals surface area contributed by atoms with Crippen LogP contribution in [0.15, 0.2) is 77.7 Å². The molecule has 0 aromatic heterocycles. The number of carboxylic acids is 3. The number of piperidine rings is 1. The summed E-state index contributed by atoms with van der Waals surface area (Å²) in [6.07, 6.45) is 1.93. The van der Waals surface area contributed by atoms with Crippen molar-refractivity contribution in [1.29, 1.82) is 5.26 Å². The van der Waals surface area contributed by atoms with E-state index < -0.39 is 53.4 Å². The van der Waals surface area contributed by atoms with Gasteiger partial charge in [0.1, 0.15) is 6.26 Å². The molecule has 312 valence electrons. The molecule has 0 saturated carbocycles. The number of benzene rings is 4. The Hall–Kier alpha value is -5.21. The largest absolute Gasteiger partial charge is 0.612 e. The number of likely N-dealkylation sites (N-methyl/N-ethyl adjacent to an activating group) is 1. The quantitative estimate of drug-likeness (QED) is 0.0900. The summed E-state index contributed by atoms with van der Waals surface area (Å²) in [5.41, 5.74) is 6.07. The third-order valence-corrected chi connectivity index (χ3v) is 11.9. The van der Waals surface area contributed by atoms with E-state index in [1.807, 2.05) is 42.5 Å². The van der Waals surface area contributed by atoms with Gasteiger partial charge in [0.2, 0.25) is 5.91 Å². The lowest BCUT2D eigenvalue weighted by molar-refractivity contribution is -0.170. The molecule has 59 heavy (non-hydrogen) atoms. The Morgan fingerprint density at radius 2 is 1.61 bits per heavy atom. The number of hydrogen-bond acceptors (Lipinski definition) is 9. The number of halogens is 2. The maximum absolute atomic E-state index is 13.8. The number of likely N-dealkylation sites (tertiary alicyclic amines) is 1. The van der Waals surface area contributed by atoms with E-state index >= 15 is 0 Å². The molecule has 1 heterocycles. The number of nitrogens with two attached hydrogens (primary N) is 1. The molecule has 6 N–H and O–H groups in total. The highest BCUT2D eigenvalue weighted by Gasteiger charge is 2.41. The lowest BCUT2D eigenvalue weighted by Gasteiger charge is -2.34. The number of carboxylic acid groups (broad SMARTS) is 3. The maximum atomic E-state index is 13.8. The number of carbonyl (C=O) groups excluding carboxylic acids is 2. The number of fused-ring (bicyclic) bond motifs is 1. The van der Waals surface area contributed by atoms with Crippen LogP contribution in [0.5, 0.6) is 0 Å². The van der Waals surface area contributed by atoms with Crippen LogP contribution in [0.3, 0.4) is 0 Å². The second kappa shape index (κ2) is 20.7. The summed E-state index contributed by atoms with van der Waals surface area (Å²) in [6, 6.07) is 24.2. The second-order valence-corrected chi connectivity index (χ2v) is 16.5. The van der Waals surface area contributed by atoms with Crippen molar-refractivity contribution >= 4 is 74.9 Å². The summed E-state index contributed by atoms with van der Waals surface area (Å²) < 4.78 is 12.5. The molecule has 0 unspecified atom stereocenters. The van der Waals surface area contributed by atoms with Crippen molar-refractivity contribution < 1.29 is 49.0 Å². The van der Waals surface area contributed by atoms with Crippen molar-refractivity contribution in [3.63, 3.8) is 0 Å². The molecule has 0 spiro atoms. The van der Waals surface area contributed by atoms with Crippen LogP contribution < -0.4 is 5.73 Å². The smallest absolute Gasteiger partial charge is 0.336 e. The number of amides is 2. The van der Waals surface area contributed by atoms with E-state index in [1.54, 1.807) is 48.5 Å². The monoisotopic (exact) mass is 866 g/mol. The first kappa shape index (κ1) is 46.5. The van der Waals surface area contributed by atoms with Crippen molar-refractivity contribution in [3.05, 3.63) is 111 Å². The number of nitriles is 1. The number of primary amides is 1. The Balaban J connectivity index is 0.000000509. The number of hydrogen-bond donors (Lipinski definition) is 5. The Kier molecular flexibility index (Phi) is 16.3. The number of rotatable bonds is 15. The van der Waals surface area contributed by atoms with E-state index in [4.69, 9.17) is 49.4 Å². The van der Waals surface area contributed by atoms with Gasteiger partial charge in [0.15, 0.2) is 10.5 Å². The summed E-state index contributed by atoms with van der Waals surface area (Å²) in [4.78, 5) is 60.8. The van der Waals surface area contributed by atoms with Crippen molar-refractivity contribution in [3.8, 4) is 6.07 Å². The molecule has 2 atom stereocenters. The molecule has 17 heteroatoms. The molecule has 14 nitrogen and oxygen atoms in total. The molecule has 4 aromatic carbocycles. The molecule has 5 rings (SSSR count). The van der Waals surface area contributed by atoms with E-state index in [2.05, 4.69) is 11.0 Å². The Morgan fingerprint density at radius 1 is 0.966 bits per heavy atom. The highest BCUT2D eigenvalue weighted by atomic mass is 35.5. The molecule has 0 bridgehead atoms. The van der Waals surface area contributed by atoms with Gasteiger partial charge in [-0.25, -0.2) is 4.79 Å².